The Morgan fingerprint density at radius 1 is 1.69 bits per heavy atom. The Balaban J connectivity index is 2.79. The van der Waals surface area contributed by atoms with E-state index < -0.39 is 11.0 Å². The first-order chi connectivity index (χ1) is 7.41. The van der Waals surface area contributed by atoms with Gasteiger partial charge in [-0.15, -0.1) is 0 Å². The number of nitro groups is 1. The lowest BCUT2D eigenvalue weighted by molar-refractivity contribution is -0.388. The van der Waals surface area contributed by atoms with E-state index in [2.05, 4.69) is 10.3 Å². The van der Waals surface area contributed by atoms with Crippen LogP contribution >= 0.6 is 0 Å². The minimum atomic E-state index is -0.530. The van der Waals surface area contributed by atoms with Crippen molar-refractivity contribution < 1.29 is 10.0 Å². The summed E-state index contributed by atoms with van der Waals surface area (Å²) >= 11 is 0. The lowest BCUT2D eigenvalue weighted by Crippen LogP contribution is -2.22. The van der Waals surface area contributed by atoms with Crippen LogP contribution in [0.25, 0.3) is 0 Å². The van der Waals surface area contributed by atoms with Crippen LogP contribution in [0.5, 0.6) is 0 Å². The maximum atomic E-state index is 10.7. The van der Waals surface area contributed by atoms with Gasteiger partial charge in [0.1, 0.15) is 0 Å². The molecule has 0 aliphatic carbocycles. The maximum absolute atomic E-state index is 10.7. The third-order valence-corrected chi connectivity index (χ3v) is 2.17. The van der Waals surface area contributed by atoms with Crippen LogP contribution in [0.4, 0.5) is 11.6 Å². The number of hydrogen-bond acceptors (Lipinski definition) is 5. The standard InChI is InChI=1S/C9H16N4O3/c1-6(4-7(2)14)11-9-8(13(15)16)10-5-12(9)3/h5-7,11,14H,4H2,1-3H3. The molecule has 0 saturated heterocycles. The van der Waals surface area contributed by atoms with Gasteiger partial charge >= 0.3 is 5.82 Å². The Morgan fingerprint density at radius 2 is 2.31 bits per heavy atom. The van der Waals surface area contributed by atoms with Crippen molar-refractivity contribution in [3.8, 4) is 0 Å². The van der Waals surface area contributed by atoms with Gasteiger partial charge in [0.15, 0.2) is 0 Å². The molecule has 2 unspecified atom stereocenters. The number of nitrogens with zero attached hydrogens (tertiary/aromatic N) is 3. The molecule has 0 saturated carbocycles. The van der Waals surface area contributed by atoms with Crippen LogP contribution in [0.3, 0.4) is 0 Å². The van der Waals surface area contributed by atoms with Gasteiger partial charge in [-0.2, -0.15) is 0 Å². The monoisotopic (exact) mass is 228 g/mol. The molecule has 1 rings (SSSR count). The molecule has 7 heteroatoms. The van der Waals surface area contributed by atoms with Crippen LogP contribution in [0, 0.1) is 10.1 Å². The molecule has 2 N–H and O–H groups in total. The van der Waals surface area contributed by atoms with Gasteiger partial charge in [0.2, 0.25) is 12.1 Å². The van der Waals surface area contributed by atoms with Crippen molar-refractivity contribution >= 4 is 11.6 Å². The lowest BCUT2D eigenvalue weighted by atomic mass is 10.1. The third kappa shape index (κ3) is 2.93. The van der Waals surface area contributed by atoms with E-state index in [9.17, 15) is 15.2 Å². The summed E-state index contributed by atoms with van der Waals surface area (Å²) in [6.07, 6.45) is 1.45. The van der Waals surface area contributed by atoms with Crippen LogP contribution in [0.15, 0.2) is 6.33 Å². The zero-order valence-electron chi connectivity index (χ0n) is 9.54. The van der Waals surface area contributed by atoms with Crippen molar-refractivity contribution in [3.05, 3.63) is 16.4 Å². The van der Waals surface area contributed by atoms with Gasteiger partial charge in [-0.05, 0) is 30.2 Å². The summed E-state index contributed by atoms with van der Waals surface area (Å²) < 4.78 is 1.55. The second-order valence-electron chi connectivity index (χ2n) is 3.91. The van der Waals surface area contributed by atoms with Crippen molar-refractivity contribution in [1.82, 2.24) is 9.55 Å². The van der Waals surface area contributed by atoms with Crippen molar-refractivity contribution in [2.45, 2.75) is 32.4 Å². The summed E-state index contributed by atoms with van der Waals surface area (Å²) in [5, 5.41) is 22.9. The molecular weight excluding hydrogens is 212 g/mol. The predicted molar refractivity (Wildman–Crippen MR) is 59.2 cm³/mol. The summed E-state index contributed by atoms with van der Waals surface area (Å²) in [6, 6.07) is -0.0610. The largest absolute Gasteiger partial charge is 0.406 e. The van der Waals surface area contributed by atoms with Gasteiger partial charge in [0, 0.05) is 13.1 Å². The topological polar surface area (TPSA) is 93.2 Å². The lowest BCUT2D eigenvalue weighted by Gasteiger charge is -2.15. The third-order valence-electron chi connectivity index (χ3n) is 2.17. The van der Waals surface area contributed by atoms with E-state index in [4.69, 9.17) is 0 Å². The Morgan fingerprint density at radius 3 is 2.81 bits per heavy atom. The first-order valence-electron chi connectivity index (χ1n) is 5.02. The molecule has 0 aliphatic rings. The molecule has 0 aliphatic heterocycles. The van der Waals surface area contributed by atoms with Crippen LogP contribution in [-0.2, 0) is 7.05 Å². The van der Waals surface area contributed by atoms with E-state index in [0.717, 1.165) is 0 Å². The number of aliphatic hydroxyl groups excluding tert-OH is 1. The van der Waals surface area contributed by atoms with E-state index in [1.807, 2.05) is 6.92 Å². The summed E-state index contributed by atoms with van der Waals surface area (Å²) in [7, 11) is 1.68. The normalized spacial score (nSPS) is 14.5. The molecule has 0 fully saturated rings. The molecule has 16 heavy (non-hydrogen) atoms. The zero-order valence-corrected chi connectivity index (χ0v) is 9.54. The van der Waals surface area contributed by atoms with E-state index in [0.29, 0.717) is 12.2 Å². The molecule has 1 aromatic heterocycles. The Labute approximate surface area is 93.3 Å². The van der Waals surface area contributed by atoms with Gasteiger partial charge in [0.25, 0.3) is 0 Å². The van der Waals surface area contributed by atoms with Crippen molar-refractivity contribution in [2.75, 3.05) is 5.32 Å². The van der Waals surface area contributed by atoms with Crippen LogP contribution in [0.1, 0.15) is 20.3 Å². The molecule has 7 nitrogen and oxygen atoms in total. The average molecular weight is 228 g/mol. The highest BCUT2D eigenvalue weighted by Gasteiger charge is 2.21. The highest BCUT2D eigenvalue weighted by atomic mass is 16.6. The van der Waals surface area contributed by atoms with Gasteiger partial charge in [-0.25, -0.2) is 0 Å². The molecular formula is C9H16N4O3. The van der Waals surface area contributed by atoms with Crippen molar-refractivity contribution in [1.29, 1.82) is 0 Å². The van der Waals surface area contributed by atoms with Crippen LogP contribution in [0.2, 0.25) is 0 Å². The second-order valence-corrected chi connectivity index (χ2v) is 3.91. The van der Waals surface area contributed by atoms with E-state index in [1.165, 1.54) is 6.33 Å². The number of anilines is 1. The molecule has 0 aromatic carbocycles. The van der Waals surface area contributed by atoms with Crippen LogP contribution in [-0.4, -0.2) is 31.7 Å². The number of aryl methyl sites for hydroxylation is 1. The average Bonchev–Trinajstić information content (AvgIpc) is 2.46. The summed E-state index contributed by atoms with van der Waals surface area (Å²) in [5.74, 6) is 0.165. The molecule has 2 atom stereocenters. The van der Waals surface area contributed by atoms with E-state index in [1.54, 1.807) is 18.5 Å². The zero-order chi connectivity index (χ0) is 12.3. The summed E-state index contributed by atoms with van der Waals surface area (Å²) in [4.78, 5) is 13.8. The van der Waals surface area contributed by atoms with Gasteiger partial charge in [0.05, 0.1) is 6.10 Å². The van der Waals surface area contributed by atoms with Gasteiger partial charge in [-0.1, -0.05) is 0 Å². The van der Waals surface area contributed by atoms with Crippen molar-refractivity contribution in [3.63, 3.8) is 0 Å². The fourth-order valence-electron chi connectivity index (χ4n) is 1.52. The maximum Gasteiger partial charge on any atom is 0.406 e. The highest BCUT2D eigenvalue weighted by Crippen LogP contribution is 2.22. The molecule has 0 spiro atoms. The number of rotatable bonds is 5. The second kappa shape index (κ2) is 4.93. The smallest absolute Gasteiger partial charge is 0.393 e. The highest BCUT2D eigenvalue weighted by molar-refractivity contribution is 5.52. The molecule has 1 heterocycles. The first-order valence-corrected chi connectivity index (χ1v) is 5.02. The van der Waals surface area contributed by atoms with Gasteiger partial charge < -0.3 is 20.5 Å². The fourth-order valence-corrected chi connectivity index (χ4v) is 1.52. The predicted octanol–water partition coefficient (Wildman–Crippen LogP) is 0.900. The minimum Gasteiger partial charge on any atom is -0.393 e. The number of hydrogen-bond donors (Lipinski definition) is 2. The fraction of sp³-hybridized carbons (Fsp3) is 0.667. The Hall–Kier alpha value is -1.63. The van der Waals surface area contributed by atoms with Gasteiger partial charge in [-0.3, -0.25) is 4.57 Å². The molecule has 0 bridgehead atoms. The molecule has 0 amide bonds. The summed E-state index contributed by atoms with van der Waals surface area (Å²) in [6.45, 7) is 3.53. The number of nitrogens with one attached hydrogen (secondary N) is 1. The van der Waals surface area contributed by atoms with Crippen LogP contribution < -0.4 is 5.32 Å². The SMILES string of the molecule is CC(O)CC(C)Nc1c([N+](=O)[O-])ncn1C. The minimum absolute atomic E-state index is 0.0610. The molecule has 0 radical (unpaired) electrons. The summed E-state index contributed by atoms with van der Waals surface area (Å²) in [5.41, 5.74) is 0. The van der Waals surface area contributed by atoms with E-state index >= 15 is 0 Å². The molecule has 90 valence electrons. The molecule has 1 aromatic rings. The number of aromatic nitrogens is 2. The Kier molecular flexibility index (Phi) is 3.83. The number of aliphatic hydroxyl groups is 1. The quantitative estimate of drug-likeness (QED) is 0.577. The van der Waals surface area contributed by atoms with Crippen molar-refractivity contribution in [2.24, 2.45) is 7.05 Å². The Bertz CT molecular complexity index is 375. The number of imidazole rings is 1. The first kappa shape index (κ1) is 12.4. The van der Waals surface area contributed by atoms with E-state index in [-0.39, 0.29) is 11.9 Å².